The summed E-state index contributed by atoms with van der Waals surface area (Å²) in [6.07, 6.45) is 7.18. The summed E-state index contributed by atoms with van der Waals surface area (Å²) in [5.74, 6) is 2.51. The molecule has 0 unspecified atom stereocenters. The average molecular weight is 310 g/mol. The third kappa shape index (κ3) is 4.48. The molecule has 0 saturated heterocycles. The second-order valence-electron chi connectivity index (χ2n) is 5.71. The van der Waals surface area contributed by atoms with Crippen LogP contribution in [0.15, 0.2) is 41.3 Å². The number of hydrogen-bond donors (Lipinski definition) is 1. The second kappa shape index (κ2) is 7.66. The molecule has 23 heavy (non-hydrogen) atoms. The van der Waals surface area contributed by atoms with E-state index in [1.165, 1.54) is 17.2 Å². The molecule has 2 aromatic rings. The zero-order valence-electron chi connectivity index (χ0n) is 13.6. The third-order valence-electron chi connectivity index (χ3n) is 3.87. The summed E-state index contributed by atoms with van der Waals surface area (Å²) < 4.78 is 1.87. The number of aromatic hydroxyl groups is 1. The number of benzene rings is 1. The van der Waals surface area contributed by atoms with Crippen LogP contribution in [0.5, 0.6) is 5.75 Å². The fourth-order valence-corrected chi connectivity index (χ4v) is 2.57. The maximum Gasteiger partial charge on any atom is 0.223 e. The van der Waals surface area contributed by atoms with E-state index in [1.807, 2.05) is 10.6 Å². The Morgan fingerprint density at radius 1 is 1.30 bits per heavy atom. The van der Waals surface area contributed by atoms with Crippen molar-refractivity contribution in [1.82, 2.24) is 9.47 Å². The summed E-state index contributed by atoms with van der Waals surface area (Å²) in [5, 5.41) is 9.74. The first-order valence-electron chi connectivity index (χ1n) is 7.61. The minimum Gasteiger partial charge on any atom is -0.503 e. The predicted octanol–water partition coefficient (Wildman–Crippen LogP) is 2.31. The Morgan fingerprint density at radius 2 is 2.09 bits per heavy atom. The number of aromatic nitrogens is 1. The lowest BCUT2D eigenvalue weighted by atomic mass is 10.1. The molecule has 0 amide bonds. The maximum atomic E-state index is 11.4. The zero-order valence-corrected chi connectivity index (χ0v) is 13.6. The highest BCUT2D eigenvalue weighted by atomic mass is 16.3. The molecule has 4 nitrogen and oxygen atoms in total. The van der Waals surface area contributed by atoms with Crippen molar-refractivity contribution in [3.05, 3.63) is 63.6 Å². The smallest absolute Gasteiger partial charge is 0.223 e. The molecular formula is C19H22N2O2. The van der Waals surface area contributed by atoms with Crippen molar-refractivity contribution in [2.24, 2.45) is 0 Å². The first-order valence-corrected chi connectivity index (χ1v) is 7.61. The summed E-state index contributed by atoms with van der Waals surface area (Å²) in [7, 11) is 0. The summed E-state index contributed by atoms with van der Waals surface area (Å²) >= 11 is 0. The first kappa shape index (κ1) is 16.9. The Balaban J connectivity index is 2.07. The standard InChI is InChI=1S/C19H22N2O2/c1-4-9-20(14-17-7-5-6-15(2)13-17)11-12-21-10-8-18(22)19(23)16(21)3/h1,5-8,10,13,23H,9,11-12,14H2,2-3H3. The summed E-state index contributed by atoms with van der Waals surface area (Å²) in [4.78, 5) is 13.6. The van der Waals surface area contributed by atoms with Gasteiger partial charge in [0.15, 0.2) is 5.75 Å². The van der Waals surface area contributed by atoms with Crippen molar-refractivity contribution in [3.8, 4) is 18.1 Å². The average Bonchev–Trinajstić information content (AvgIpc) is 2.52. The first-order chi connectivity index (χ1) is 11.0. The highest BCUT2D eigenvalue weighted by Gasteiger charge is 2.08. The largest absolute Gasteiger partial charge is 0.503 e. The number of aryl methyl sites for hydroxylation is 1. The molecule has 0 aliphatic rings. The van der Waals surface area contributed by atoms with Crippen molar-refractivity contribution in [1.29, 1.82) is 0 Å². The molecule has 0 saturated carbocycles. The van der Waals surface area contributed by atoms with Crippen molar-refractivity contribution < 1.29 is 5.11 Å². The van der Waals surface area contributed by atoms with Gasteiger partial charge in [-0.3, -0.25) is 9.69 Å². The lowest BCUT2D eigenvalue weighted by Crippen LogP contribution is -2.28. The van der Waals surface area contributed by atoms with Gasteiger partial charge in [-0.05, 0) is 19.4 Å². The third-order valence-corrected chi connectivity index (χ3v) is 3.87. The highest BCUT2D eigenvalue weighted by molar-refractivity contribution is 5.25. The van der Waals surface area contributed by atoms with Crippen LogP contribution >= 0.6 is 0 Å². The van der Waals surface area contributed by atoms with Crippen LogP contribution in [-0.4, -0.2) is 27.7 Å². The summed E-state index contributed by atoms with van der Waals surface area (Å²) in [6.45, 7) is 6.54. The molecular weight excluding hydrogens is 288 g/mol. The fraction of sp³-hybridized carbons (Fsp3) is 0.316. The Morgan fingerprint density at radius 3 is 2.78 bits per heavy atom. The molecule has 1 aromatic heterocycles. The van der Waals surface area contributed by atoms with Gasteiger partial charge in [0.2, 0.25) is 5.43 Å². The molecule has 1 heterocycles. The van der Waals surface area contributed by atoms with Crippen LogP contribution in [0.1, 0.15) is 16.8 Å². The number of nitrogens with zero attached hydrogens (tertiary/aromatic N) is 2. The second-order valence-corrected chi connectivity index (χ2v) is 5.71. The number of terminal acetylenes is 1. The van der Waals surface area contributed by atoms with E-state index < -0.39 is 0 Å². The van der Waals surface area contributed by atoms with Gasteiger partial charge in [-0.2, -0.15) is 0 Å². The van der Waals surface area contributed by atoms with E-state index in [4.69, 9.17) is 6.42 Å². The van der Waals surface area contributed by atoms with E-state index in [1.54, 1.807) is 13.1 Å². The maximum absolute atomic E-state index is 11.4. The minimum absolute atomic E-state index is 0.185. The molecule has 0 fully saturated rings. The molecule has 120 valence electrons. The number of pyridine rings is 1. The molecule has 0 aliphatic carbocycles. The molecule has 2 rings (SSSR count). The van der Waals surface area contributed by atoms with E-state index >= 15 is 0 Å². The van der Waals surface area contributed by atoms with Crippen molar-refractivity contribution in [2.45, 2.75) is 26.9 Å². The van der Waals surface area contributed by atoms with E-state index in [0.29, 0.717) is 18.8 Å². The van der Waals surface area contributed by atoms with E-state index in [-0.39, 0.29) is 11.2 Å². The zero-order chi connectivity index (χ0) is 16.8. The van der Waals surface area contributed by atoms with Crippen LogP contribution < -0.4 is 5.43 Å². The van der Waals surface area contributed by atoms with E-state index in [0.717, 1.165) is 13.1 Å². The van der Waals surface area contributed by atoms with Gasteiger partial charge >= 0.3 is 0 Å². The fourth-order valence-electron chi connectivity index (χ4n) is 2.57. The van der Waals surface area contributed by atoms with Crippen molar-refractivity contribution >= 4 is 0 Å². The van der Waals surface area contributed by atoms with Crippen LogP contribution in [0.4, 0.5) is 0 Å². The van der Waals surface area contributed by atoms with Gasteiger partial charge in [-0.25, -0.2) is 0 Å². The van der Waals surface area contributed by atoms with Crippen molar-refractivity contribution in [3.63, 3.8) is 0 Å². The number of rotatable bonds is 6. The van der Waals surface area contributed by atoms with Crippen LogP contribution in [0.25, 0.3) is 0 Å². The van der Waals surface area contributed by atoms with Crippen LogP contribution in [0, 0.1) is 26.2 Å². The number of hydrogen-bond acceptors (Lipinski definition) is 3. The molecule has 0 radical (unpaired) electrons. The van der Waals surface area contributed by atoms with Crippen LogP contribution in [0.3, 0.4) is 0 Å². The molecule has 1 N–H and O–H groups in total. The van der Waals surface area contributed by atoms with E-state index in [2.05, 4.69) is 35.9 Å². The van der Waals surface area contributed by atoms with Gasteiger partial charge in [0, 0.05) is 31.9 Å². The minimum atomic E-state index is -0.348. The van der Waals surface area contributed by atoms with Gasteiger partial charge in [-0.15, -0.1) is 6.42 Å². The van der Waals surface area contributed by atoms with Gasteiger partial charge in [0.25, 0.3) is 0 Å². The summed E-state index contributed by atoms with van der Waals surface area (Å²) in [5.41, 5.74) is 2.68. The quantitative estimate of drug-likeness (QED) is 0.833. The van der Waals surface area contributed by atoms with Crippen molar-refractivity contribution in [2.75, 3.05) is 13.1 Å². The topological polar surface area (TPSA) is 45.5 Å². The highest BCUT2D eigenvalue weighted by Crippen LogP contribution is 2.11. The Hall–Kier alpha value is -2.51. The van der Waals surface area contributed by atoms with Gasteiger partial charge in [-0.1, -0.05) is 35.7 Å². The van der Waals surface area contributed by atoms with Gasteiger partial charge < -0.3 is 9.67 Å². The normalized spacial score (nSPS) is 10.7. The van der Waals surface area contributed by atoms with Crippen LogP contribution in [-0.2, 0) is 13.1 Å². The Kier molecular flexibility index (Phi) is 5.61. The van der Waals surface area contributed by atoms with Gasteiger partial charge in [0.1, 0.15) is 0 Å². The molecule has 4 heteroatoms. The lowest BCUT2D eigenvalue weighted by molar-refractivity contribution is 0.283. The van der Waals surface area contributed by atoms with Crippen LogP contribution in [0.2, 0.25) is 0 Å². The van der Waals surface area contributed by atoms with E-state index in [9.17, 15) is 9.90 Å². The lowest BCUT2D eigenvalue weighted by Gasteiger charge is -2.22. The molecule has 1 aromatic carbocycles. The Labute approximate surface area is 137 Å². The van der Waals surface area contributed by atoms with Gasteiger partial charge in [0.05, 0.1) is 12.2 Å². The SMILES string of the molecule is C#CCN(CCn1ccc(=O)c(O)c1C)Cc1cccc(C)c1. The molecule has 0 bridgehead atoms. The summed E-state index contributed by atoms with van der Waals surface area (Å²) in [6, 6.07) is 9.74. The predicted molar refractivity (Wildman–Crippen MR) is 92.4 cm³/mol. The molecule has 0 spiro atoms. The molecule has 0 aliphatic heterocycles. The Bertz CT molecular complexity index is 772. The monoisotopic (exact) mass is 310 g/mol. The molecule has 0 atom stereocenters.